The van der Waals surface area contributed by atoms with E-state index in [1.54, 1.807) is 19.1 Å². The zero-order chi connectivity index (χ0) is 36.1. The van der Waals surface area contributed by atoms with Crippen LogP contribution in [0.1, 0.15) is 37.5 Å². The van der Waals surface area contributed by atoms with Gasteiger partial charge in [-0.3, -0.25) is 9.11 Å². The summed E-state index contributed by atoms with van der Waals surface area (Å²) in [5, 5.41) is 7.95. The van der Waals surface area contributed by atoms with Crippen LogP contribution in [-0.2, 0) is 20.2 Å². The molecule has 0 saturated carbocycles. The van der Waals surface area contributed by atoms with E-state index in [-0.39, 0.29) is 15.5 Å². The Kier molecular flexibility index (Phi) is 9.20. The maximum absolute atomic E-state index is 12.7. The van der Waals surface area contributed by atoms with Gasteiger partial charge in [0.15, 0.2) is 0 Å². The van der Waals surface area contributed by atoms with Gasteiger partial charge < -0.3 is 15.5 Å². The highest BCUT2D eigenvalue weighted by Crippen LogP contribution is 2.37. The average Bonchev–Trinajstić information content (AvgIpc) is 3.05. The van der Waals surface area contributed by atoms with Gasteiger partial charge in [0.25, 0.3) is 20.2 Å². The lowest BCUT2D eigenvalue weighted by Crippen LogP contribution is -2.36. The normalized spacial score (nSPS) is 12.2. The Hall–Kier alpha value is -4.82. The Bertz CT molecular complexity index is 2550. The third kappa shape index (κ3) is 6.22. The first kappa shape index (κ1) is 35.0. The van der Waals surface area contributed by atoms with Gasteiger partial charge in [-0.05, 0) is 77.4 Å². The molecule has 0 amide bonds. The van der Waals surface area contributed by atoms with Crippen LogP contribution in [0.2, 0.25) is 0 Å². The molecule has 1 heterocycles. The first-order valence-electron chi connectivity index (χ1n) is 16.3. The van der Waals surface area contributed by atoms with Gasteiger partial charge in [0.05, 0.1) is 11.4 Å². The summed E-state index contributed by atoms with van der Waals surface area (Å²) in [6.45, 7) is 13.5. The van der Waals surface area contributed by atoms with Gasteiger partial charge >= 0.3 is 0 Å². The zero-order valence-electron chi connectivity index (χ0n) is 28.7. The van der Waals surface area contributed by atoms with Gasteiger partial charge in [0.2, 0.25) is 16.7 Å². The van der Waals surface area contributed by atoms with Gasteiger partial charge in [-0.1, -0.05) is 30.3 Å². The SMILES string of the molecule is CCNc1cc(S(=O)(=O)O)c(Nc2cc3c(nc4ccc(N(CC)CC)cc4[n+]3-c3c(C)ccc(S(=O)(=O)O)c3C)c3ccccc23)cc1C. The molecule has 0 bridgehead atoms. The molecular weight excluding hydrogens is 675 g/mol. The summed E-state index contributed by atoms with van der Waals surface area (Å²) in [6, 6.07) is 21.6. The molecule has 0 aliphatic heterocycles. The maximum atomic E-state index is 12.7. The summed E-state index contributed by atoms with van der Waals surface area (Å²) in [4.78, 5) is 6.85. The minimum absolute atomic E-state index is 0.181. The molecule has 0 radical (unpaired) electrons. The molecule has 4 N–H and O–H groups in total. The largest absolute Gasteiger partial charge is 0.385 e. The van der Waals surface area contributed by atoms with Crippen LogP contribution >= 0.6 is 0 Å². The number of aromatic nitrogens is 2. The molecular formula is C37H40N5O6S2+. The lowest BCUT2D eigenvalue weighted by Gasteiger charge is -2.21. The summed E-state index contributed by atoms with van der Waals surface area (Å²) in [6.07, 6.45) is 0. The Morgan fingerprint density at radius 1 is 0.720 bits per heavy atom. The van der Waals surface area contributed by atoms with Gasteiger partial charge in [-0.25, -0.2) is 4.98 Å². The average molecular weight is 715 g/mol. The fourth-order valence-corrected chi connectivity index (χ4v) is 8.14. The predicted octanol–water partition coefficient (Wildman–Crippen LogP) is 7.26. The molecule has 0 saturated heterocycles. The lowest BCUT2D eigenvalue weighted by molar-refractivity contribution is -0.539. The quantitative estimate of drug-likeness (QED) is 0.0494. The lowest BCUT2D eigenvalue weighted by atomic mass is 10.0. The van der Waals surface area contributed by atoms with Gasteiger partial charge in [0.1, 0.15) is 20.8 Å². The molecule has 0 unspecified atom stereocenters. The van der Waals surface area contributed by atoms with Crippen LogP contribution in [0.15, 0.2) is 82.6 Å². The van der Waals surface area contributed by atoms with Crippen LogP contribution in [0, 0.1) is 20.8 Å². The molecule has 260 valence electrons. The summed E-state index contributed by atoms with van der Waals surface area (Å²) < 4.78 is 73.0. The molecule has 1 aromatic heterocycles. The first-order chi connectivity index (χ1) is 23.7. The van der Waals surface area contributed by atoms with E-state index in [4.69, 9.17) is 4.98 Å². The summed E-state index contributed by atoms with van der Waals surface area (Å²) in [5.41, 5.74) is 7.27. The van der Waals surface area contributed by atoms with E-state index in [1.807, 2.05) is 73.9 Å². The molecule has 0 aliphatic carbocycles. The van der Waals surface area contributed by atoms with E-state index in [2.05, 4.69) is 29.4 Å². The molecule has 5 aromatic carbocycles. The number of anilines is 4. The van der Waals surface area contributed by atoms with Crippen molar-refractivity contribution in [3.63, 3.8) is 0 Å². The van der Waals surface area contributed by atoms with E-state index in [0.717, 1.165) is 40.7 Å². The van der Waals surface area contributed by atoms with Gasteiger partial charge in [0, 0.05) is 65.0 Å². The van der Waals surface area contributed by atoms with E-state index in [9.17, 15) is 25.9 Å². The van der Waals surface area contributed by atoms with Crippen molar-refractivity contribution in [2.75, 3.05) is 35.2 Å². The number of hydrogen-bond acceptors (Lipinski definition) is 8. The molecule has 13 heteroatoms. The van der Waals surface area contributed by atoms with Crippen molar-refractivity contribution in [2.24, 2.45) is 0 Å². The smallest absolute Gasteiger partial charge is 0.296 e. The number of aryl methyl sites for hydroxylation is 2. The van der Waals surface area contributed by atoms with Crippen molar-refractivity contribution in [3.8, 4) is 5.69 Å². The number of hydrogen-bond donors (Lipinski definition) is 4. The molecule has 0 fully saturated rings. The summed E-state index contributed by atoms with van der Waals surface area (Å²) >= 11 is 0. The molecule has 0 aliphatic rings. The number of fused-ring (bicyclic) bond motifs is 4. The van der Waals surface area contributed by atoms with Crippen LogP contribution in [0.25, 0.3) is 38.5 Å². The van der Waals surface area contributed by atoms with E-state index < -0.39 is 20.2 Å². The Labute approximate surface area is 292 Å². The number of nitrogens with one attached hydrogen (secondary N) is 2. The fourth-order valence-electron chi connectivity index (χ4n) is 6.76. The topological polar surface area (TPSA) is 153 Å². The first-order valence-corrected chi connectivity index (χ1v) is 19.2. The minimum Gasteiger partial charge on any atom is -0.385 e. The highest BCUT2D eigenvalue weighted by atomic mass is 32.2. The van der Waals surface area contributed by atoms with Crippen LogP contribution in [0.3, 0.4) is 0 Å². The summed E-state index contributed by atoms with van der Waals surface area (Å²) in [7, 11) is -9.21. The molecule has 6 aromatic rings. The highest BCUT2D eigenvalue weighted by molar-refractivity contribution is 7.86. The summed E-state index contributed by atoms with van der Waals surface area (Å²) in [5.74, 6) is 0. The molecule has 0 spiro atoms. The highest BCUT2D eigenvalue weighted by Gasteiger charge is 2.30. The van der Waals surface area contributed by atoms with Crippen molar-refractivity contribution >= 4 is 75.8 Å². The van der Waals surface area contributed by atoms with Gasteiger partial charge in [-0.15, -0.1) is 4.57 Å². The molecule has 50 heavy (non-hydrogen) atoms. The third-order valence-electron chi connectivity index (χ3n) is 9.12. The number of benzene rings is 5. The van der Waals surface area contributed by atoms with Crippen LogP contribution in [0.5, 0.6) is 0 Å². The molecule has 6 rings (SSSR count). The van der Waals surface area contributed by atoms with Crippen LogP contribution < -0.4 is 20.1 Å². The molecule has 0 atom stereocenters. The van der Waals surface area contributed by atoms with E-state index in [1.165, 1.54) is 12.1 Å². The second-order valence-corrected chi connectivity index (χ2v) is 15.0. The fraction of sp³-hybridized carbons (Fsp3) is 0.243. The Morgan fingerprint density at radius 3 is 2.04 bits per heavy atom. The van der Waals surface area contributed by atoms with E-state index >= 15 is 0 Å². The van der Waals surface area contributed by atoms with Crippen molar-refractivity contribution in [3.05, 3.63) is 89.5 Å². The second-order valence-electron chi connectivity index (χ2n) is 12.3. The monoisotopic (exact) mass is 714 g/mol. The van der Waals surface area contributed by atoms with Crippen molar-refractivity contribution in [1.82, 2.24) is 4.98 Å². The van der Waals surface area contributed by atoms with Crippen LogP contribution in [-0.4, -0.2) is 50.6 Å². The maximum Gasteiger partial charge on any atom is 0.296 e. The molecule has 11 nitrogen and oxygen atoms in total. The standard InChI is InChI=1S/C37H39N5O6S2/c1-7-38-29-21-35(50(46,47)48)31(18-23(29)5)39-30-20-33-36(27-13-11-10-12-26(27)30)40-28-16-15-25(41(8-2)9-3)19-32(28)42(33)37-22(4)14-17-34(24(37)6)49(43,44)45/h10-21H,7-9H2,1-6H3,(H3,38,40,43,44,45,46,47,48)/p+1. The van der Waals surface area contributed by atoms with E-state index in [0.29, 0.717) is 51.2 Å². The Balaban J connectivity index is 1.78. The van der Waals surface area contributed by atoms with Crippen molar-refractivity contribution in [1.29, 1.82) is 0 Å². The number of nitrogens with zero attached hydrogens (tertiary/aromatic N) is 3. The van der Waals surface area contributed by atoms with Crippen molar-refractivity contribution in [2.45, 2.75) is 51.3 Å². The number of rotatable bonds is 10. The third-order valence-corrected chi connectivity index (χ3v) is 11.0. The Morgan fingerprint density at radius 2 is 1.40 bits per heavy atom. The predicted molar refractivity (Wildman–Crippen MR) is 200 cm³/mol. The van der Waals surface area contributed by atoms with Crippen molar-refractivity contribution < 1.29 is 30.5 Å². The van der Waals surface area contributed by atoms with Crippen LogP contribution in [0.4, 0.5) is 22.7 Å². The van der Waals surface area contributed by atoms with Gasteiger partial charge in [-0.2, -0.15) is 16.8 Å². The zero-order valence-corrected chi connectivity index (χ0v) is 30.4. The minimum atomic E-state index is -4.64. The second kappa shape index (κ2) is 13.1.